The van der Waals surface area contributed by atoms with Crippen LogP contribution in [0.5, 0.6) is 5.88 Å². The van der Waals surface area contributed by atoms with Crippen LogP contribution in [0.15, 0.2) is 12.4 Å². The van der Waals surface area contributed by atoms with E-state index in [1.807, 2.05) is 0 Å². The fraction of sp³-hybridized carbons (Fsp3) is 0.600. The van der Waals surface area contributed by atoms with Crippen LogP contribution in [-0.4, -0.2) is 34.8 Å². The highest BCUT2D eigenvalue weighted by Gasteiger charge is 2.00. The lowest BCUT2D eigenvalue weighted by Crippen LogP contribution is -2.09. The van der Waals surface area contributed by atoms with Crippen LogP contribution in [0.25, 0.3) is 0 Å². The van der Waals surface area contributed by atoms with Gasteiger partial charge in [-0.25, -0.2) is 0 Å². The van der Waals surface area contributed by atoms with Crippen LogP contribution in [0.1, 0.15) is 13.8 Å². The van der Waals surface area contributed by atoms with Crippen molar-refractivity contribution >= 4 is 5.82 Å². The first-order chi connectivity index (χ1) is 7.22. The van der Waals surface area contributed by atoms with Crippen LogP contribution < -0.4 is 10.1 Å². The fourth-order valence-corrected chi connectivity index (χ4v) is 0.939. The second-order valence-corrected chi connectivity index (χ2v) is 3.60. The summed E-state index contributed by atoms with van der Waals surface area (Å²) in [5.74, 6) is 1.58. The Balaban J connectivity index is 2.50. The molecule has 5 nitrogen and oxygen atoms in total. The van der Waals surface area contributed by atoms with Gasteiger partial charge in [-0.1, -0.05) is 13.8 Å². The number of rotatable bonds is 6. The van der Waals surface area contributed by atoms with Gasteiger partial charge in [0.25, 0.3) is 0 Å². The Morgan fingerprint density at radius 3 is 2.93 bits per heavy atom. The largest absolute Gasteiger partial charge is 0.476 e. The van der Waals surface area contributed by atoms with Crippen molar-refractivity contribution in [2.45, 2.75) is 13.8 Å². The van der Waals surface area contributed by atoms with Crippen molar-refractivity contribution in [3.05, 3.63) is 12.4 Å². The number of hydrogen-bond acceptors (Lipinski definition) is 5. The van der Waals surface area contributed by atoms with Crippen molar-refractivity contribution in [3.63, 3.8) is 0 Å². The van der Waals surface area contributed by atoms with Gasteiger partial charge in [0, 0.05) is 6.54 Å². The first-order valence-corrected chi connectivity index (χ1v) is 5.02. The normalized spacial score (nSPS) is 10.4. The summed E-state index contributed by atoms with van der Waals surface area (Å²) in [5.41, 5.74) is 0. The van der Waals surface area contributed by atoms with Crippen LogP contribution >= 0.6 is 0 Å². The standard InChI is InChI=1S/C10H17N3O2/c1-8(2)7-15-10-6-11-5-9(13-10)12-3-4-14/h5-6,8,14H,3-4,7H2,1-2H3,(H,12,13). The topological polar surface area (TPSA) is 67.3 Å². The van der Waals surface area contributed by atoms with Crippen molar-refractivity contribution < 1.29 is 9.84 Å². The number of nitrogens with zero attached hydrogens (tertiary/aromatic N) is 2. The van der Waals surface area contributed by atoms with E-state index in [9.17, 15) is 0 Å². The van der Waals surface area contributed by atoms with Crippen LogP contribution in [-0.2, 0) is 0 Å². The third-order valence-corrected chi connectivity index (χ3v) is 1.59. The monoisotopic (exact) mass is 211 g/mol. The molecule has 0 aliphatic rings. The first-order valence-electron chi connectivity index (χ1n) is 5.02. The molecule has 0 atom stereocenters. The second-order valence-electron chi connectivity index (χ2n) is 3.60. The average Bonchev–Trinajstić information content (AvgIpc) is 2.24. The minimum Gasteiger partial charge on any atom is -0.476 e. The van der Waals surface area contributed by atoms with E-state index in [-0.39, 0.29) is 6.61 Å². The van der Waals surface area contributed by atoms with Crippen LogP contribution in [0, 0.1) is 5.92 Å². The third kappa shape index (κ3) is 4.60. The Hall–Kier alpha value is -1.36. The molecular weight excluding hydrogens is 194 g/mol. The highest BCUT2D eigenvalue weighted by atomic mass is 16.5. The van der Waals surface area contributed by atoms with Crippen LogP contribution in [0.4, 0.5) is 5.82 Å². The van der Waals surface area contributed by atoms with Gasteiger partial charge in [0.2, 0.25) is 5.88 Å². The Morgan fingerprint density at radius 1 is 1.47 bits per heavy atom. The minimum absolute atomic E-state index is 0.0682. The zero-order valence-corrected chi connectivity index (χ0v) is 9.10. The summed E-state index contributed by atoms with van der Waals surface area (Å²) < 4.78 is 5.41. The molecule has 0 saturated carbocycles. The number of ether oxygens (including phenoxy) is 1. The van der Waals surface area contributed by atoms with Crippen molar-refractivity contribution in [1.82, 2.24) is 9.97 Å². The number of anilines is 1. The Morgan fingerprint density at radius 2 is 2.27 bits per heavy atom. The molecule has 1 rings (SSSR count). The Labute approximate surface area is 89.5 Å². The third-order valence-electron chi connectivity index (χ3n) is 1.59. The zero-order valence-electron chi connectivity index (χ0n) is 9.10. The van der Waals surface area contributed by atoms with Gasteiger partial charge in [-0.2, -0.15) is 4.98 Å². The molecule has 5 heteroatoms. The van der Waals surface area contributed by atoms with Gasteiger partial charge in [0.15, 0.2) is 0 Å². The summed E-state index contributed by atoms with van der Waals surface area (Å²) in [5, 5.41) is 11.5. The molecule has 0 saturated heterocycles. The predicted molar refractivity (Wildman–Crippen MR) is 57.9 cm³/mol. The van der Waals surface area contributed by atoms with E-state index in [1.165, 1.54) is 0 Å². The van der Waals surface area contributed by atoms with Crippen molar-refractivity contribution in [3.8, 4) is 5.88 Å². The first kappa shape index (κ1) is 11.7. The molecule has 2 N–H and O–H groups in total. The van der Waals surface area contributed by atoms with Crippen molar-refractivity contribution in [2.75, 3.05) is 25.1 Å². The molecule has 0 spiro atoms. The van der Waals surface area contributed by atoms with Gasteiger partial charge in [-0.15, -0.1) is 0 Å². The lowest BCUT2D eigenvalue weighted by atomic mass is 10.2. The van der Waals surface area contributed by atoms with Gasteiger partial charge < -0.3 is 15.2 Å². The fourth-order valence-electron chi connectivity index (χ4n) is 0.939. The molecule has 0 radical (unpaired) electrons. The zero-order chi connectivity index (χ0) is 11.1. The lowest BCUT2D eigenvalue weighted by molar-refractivity contribution is 0.260. The van der Waals surface area contributed by atoms with Crippen molar-refractivity contribution in [1.29, 1.82) is 0 Å². The lowest BCUT2D eigenvalue weighted by Gasteiger charge is -2.08. The summed E-state index contributed by atoms with van der Waals surface area (Å²) >= 11 is 0. The molecule has 0 unspecified atom stereocenters. The molecule has 0 aliphatic heterocycles. The smallest absolute Gasteiger partial charge is 0.234 e. The number of aliphatic hydroxyl groups is 1. The average molecular weight is 211 g/mol. The maximum atomic E-state index is 8.63. The summed E-state index contributed by atoms with van der Waals surface area (Å²) in [6.07, 6.45) is 3.17. The minimum atomic E-state index is 0.0682. The molecule has 1 aromatic rings. The molecule has 0 aromatic carbocycles. The van der Waals surface area contributed by atoms with E-state index < -0.39 is 0 Å². The molecule has 0 bridgehead atoms. The van der Waals surface area contributed by atoms with E-state index in [0.717, 1.165) is 0 Å². The summed E-state index contributed by atoms with van der Waals surface area (Å²) in [6, 6.07) is 0. The molecule has 0 aliphatic carbocycles. The summed E-state index contributed by atoms with van der Waals surface area (Å²) in [4.78, 5) is 8.16. The van der Waals surface area contributed by atoms with E-state index >= 15 is 0 Å². The van der Waals surface area contributed by atoms with Gasteiger partial charge in [0.1, 0.15) is 5.82 Å². The number of aromatic nitrogens is 2. The van der Waals surface area contributed by atoms with Gasteiger partial charge >= 0.3 is 0 Å². The van der Waals surface area contributed by atoms with Crippen LogP contribution in [0.3, 0.4) is 0 Å². The number of nitrogens with one attached hydrogen (secondary N) is 1. The van der Waals surface area contributed by atoms with Gasteiger partial charge in [-0.3, -0.25) is 4.98 Å². The van der Waals surface area contributed by atoms with Gasteiger partial charge in [-0.05, 0) is 5.92 Å². The Bertz CT molecular complexity index is 292. The molecule has 0 fully saturated rings. The number of hydrogen-bond donors (Lipinski definition) is 2. The molecule has 15 heavy (non-hydrogen) atoms. The second kappa shape index (κ2) is 6.19. The summed E-state index contributed by atoms with van der Waals surface area (Å²) in [6.45, 7) is 5.29. The quantitative estimate of drug-likeness (QED) is 0.732. The van der Waals surface area contributed by atoms with E-state index in [4.69, 9.17) is 9.84 Å². The van der Waals surface area contributed by atoms with Crippen LogP contribution in [0.2, 0.25) is 0 Å². The molecule has 1 aromatic heterocycles. The maximum Gasteiger partial charge on any atom is 0.234 e. The van der Waals surface area contributed by atoms with E-state index in [2.05, 4.69) is 29.1 Å². The van der Waals surface area contributed by atoms with E-state index in [1.54, 1.807) is 12.4 Å². The summed E-state index contributed by atoms with van der Waals surface area (Å²) in [7, 11) is 0. The molecule has 1 heterocycles. The SMILES string of the molecule is CC(C)COc1cncc(NCCO)n1. The molecule has 0 amide bonds. The Kier molecular flexibility index (Phi) is 4.83. The van der Waals surface area contributed by atoms with E-state index in [0.29, 0.717) is 30.8 Å². The highest BCUT2D eigenvalue weighted by molar-refractivity contribution is 5.32. The predicted octanol–water partition coefficient (Wildman–Crippen LogP) is 0.916. The maximum absolute atomic E-state index is 8.63. The molecule has 84 valence electrons. The van der Waals surface area contributed by atoms with Crippen molar-refractivity contribution in [2.24, 2.45) is 5.92 Å². The van der Waals surface area contributed by atoms with Gasteiger partial charge in [0.05, 0.1) is 25.6 Å². The highest BCUT2D eigenvalue weighted by Crippen LogP contribution is 2.09. The molecular formula is C10H17N3O2. The number of aliphatic hydroxyl groups excluding tert-OH is 1.